The fourth-order valence-electron chi connectivity index (χ4n) is 1.89. The van der Waals surface area contributed by atoms with E-state index in [2.05, 4.69) is 0 Å². The summed E-state index contributed by atoms with van der Waals surface area (Å²) in [7, 11) is 0. The number of benzene rings is 1. The lowest BCUT2D eigenvalue weighted by Crippen LogP contribution is -2.43. The molecule has 3 heteroatoms. The first-order valence-corrected chi connectivity index (χ1v) is 5.38. The van der Waals surface area contributed by atoms with Crippen LogP contribution in [0.4, 0.5) is 8.78 Å². The quantitative estimate of drug-likeness (QED) is 0.824. The lowest BCUT2D eigenvalue weighted by atomic mass is 9.72. The lowest BCUT2D eigenvalue weighted by Gasteiger charge is -2.38. The third-order valence-electron chi connectivity index (χ3n) is 3.09. The molecule has 0 aromatic heterocycles. The maximum absolute atomic E-state index is 14.9. The maximum Gasteiger partial charge on any atom is 0.153 e. The molecule has 90 valence electrons. The van der Waals surface area contributed by atoms with Crippen molar-refractivity contribution < 1.29 is 8.78 Å². The van der Waals surface area contributed by atoms with E-state index < -0.39 is 11.1 Å². The Morgan fingerprint density at radius 2 is 1.81 bits per heavy atom. The van der Waals surface area contributed by atoms with Gasteiger partial charge in [0, 0.05) is 12.0 Å². The Kier molecular flexibility index (Phi) is 3.38. The Bertz CT molecular complexity index is 382. The van der Waals surface area contributed by atoms with E-state index in [9.17, 15) is 8.78 Å². The van der Waals surface area contributed by atoms with Gasteiger partial charge in [0.1, 0.15) is 5.82 Å². The van der Waals surface area contributed by atoms with Gasteiger partial charge in [0.05, 0.1) is 0 Å². The summed E-state index contributed by atoms with van der Waals surface area (Å²) >= 11 is 0. The molecule has 0 amide bonds. The molecule has 1 nitrogen and oxygen atoms in total. The van der Waals surface area contributed by atoms with Gasteiger partial charge in [0.2, 0.25) is 0 Å². The summed E-state index contributed by atoms with van der Waals surface area (Å²) in [5.41, 5.74) is 4.38. The minimum atomic E-state index is -1.63. The monoisotopic (exact) mass is 227 g/mol. The Morgan fingerprint density at radius 3 is 2.19 bits per heavy atom. The summed E-state index contributed by atoms with van der Waals surface area (Å²) in [5.74, 6) is -0.352. The van der Waals surface area contributed by atoms with Crippen LogP contribution in [0.5, 0.6) is 0 Å². The van der Waals surface area contributed by atoms with Crippen LogP contribution in [0, 0.1) is 18.2 Å². The molecule has 0 radical (unpaired) electrons. The molecule has 0 aliphatic rings. The molecule has 1 unspecified atom stereocenters. The largest absolute Gasteiger partial charge is 0.327 e. The van der Waals surface area contributed by atoms with Gasteiger partial charge in [-0.2, -0.15) is 0 Å². The highest BCUT2D eigenvalue weighted by Crippen LogP contribution is 2.43. The number of hydrogen-bond acceptors (Lipinski definition) is 1. The van der Waals surface area contributed by atoms with Gasteiger partial charge >= 0.3 is 0 Å². The molecule has 16 heavy (non-hydrogen) atoms. The van der Waals surface area contributed by atoms with Gasteiger partial charge < -0.3 is 5.73 Å². The van der Waals surface area contributed by atoms with Crippen molar-refractivity contribution in [2.24, 2.45) is 11.1 Å². The molecule has 1 atom stereocenters. The molecule has 0 heterocycles. The number of nitrogens with two attached hydrogens (primary N) is 1. The summed E-state index contributed by atoms with van der Waals surface area (Å²) in [6.45, 7) is 6.98. The van der Waals surface area contributed by atoms with E-state index in [-0.39, 0.29) is 12.4 Å². The molecule has 0 spiro atoms. The number of aryl methyl sites for hydroxylation is 1. The van der Waals surface area contributed by atoms with Gasteiger partial charge in [0.25, 0.3) is 0 Å². The highest BCUT2D eigenvalue weighted by atomic mass is 19.1. The number of rotatable bonds is 2. The third-order valence-corrected chi connectivity index (χ3v) is 3.09. The first-order chi connectivity index (χ1) is 7.22. The van der Waals surface area contributed by atoms with Crippen LogP contribution in [0.15, 0.2) is 18.2 Å². The zero-order chi connectivity index (χ0) is 12.6. The Labute approximate surface area is 95.7 Å². The van der Waals surface area contributed by atoms with E-state index in [1.165, 1.54) is 18.2 Å². The van der Waals surface area contributed by atoms with Crippen LogP contribution in [-0.4, -0.2) is 6.54 Å². The molecule has 1 aromatic rings. The van der Waals surface area contributed by atoms with Crippen molar-refractivity contribution in [2.45, 2.75) is 33.4 Å². The van der Waals surface area contributed by atoms with Crippen LogP contribution in [0.2, 0.25) is 0 Å². The first kappa shape index (κ1) is 13.1. The van der Waals surface area contributed by atoms with Crippen molar-refractivity contribution in [3.63, 3.8) is 0 Å². The zero-order valence-electron chi connectivity index (χ0n) is 10.3. The van der Waals surface area contributed by atoms with Crippen molar-refractivity contribution in [1.82, 2.24) is 0 Å². The first-order valence-electron chi connectivity index (χ1n) is 5.38. The number of hydrogen-bond donors (Lipinski definition) is 1. The van der Waals surface area contributed by atoms with E-state index in [1.54, 1.807) is 27.7 Å². The second-order valence-electron chi connectivity index (χ2n) is 5.21. The van der Waals surface area contributed by atoms with Crippen LogP contribution in [-0.2, 0) is 5.67 Å². The molecular formula is C13H19F2N. The predicted molar refractivity (Wildman–Crippen MR) is 62.4 cm³/mol. The Morgan fingerprint density at radius 1 is 1.25 bits per heavy atom. The highest BCUT2D eigenvalue weighted by molar-refractivity contribution is 5.34. The van der Waals surface area contributed by atoms with Crippen molar-refractivity contribution in [1.29, 1.82) is 0 Å². The van der Waals surface area contributed by atoms with E-state index in [1.807, 2.05) is 0 Å². The van der Waals surface area contributed by atoms with Crippen LogP contribution >= 0.6 is 0 Å². The van der Waals surface area contributed by atoms with Crippen LogP contribution in [0.25, 0.3) is 0 Å². The SMILES string of the molecule is Cc1cc(F)ccc1C(F)(CN)C(C)(C)C. The molecule has 0 aliphatic carbocycles. The molecule has 2 N–H and O–H groups in total. The van der Waals surface area contributed by atoms with E-state index >= 15 is 0 Å². The molecule has 0 saturated carbocycles. The number of alkyl halides is 1. The minimum absolute atomic E-state index is 0.108. The average molecular weight is 227 g/mol. The van der Waals surface area contributed by atoms with Crippen LogP contribution in [0.3, 0.4) is 0 Å². The molecule has 0 saturated heterocycles. The van der Waals surface area contributed by atoms with Crippen molar-refractivity contribution >= 4 is 0 Å². The van der Waals surface area contributed by atoms with Gasteiger partial charge in [-0.3, -0.25) is 0 Å². The van der Waals surface area contributed by atoms with Crippen molar-refractivity contribution in [3.8, 4) is 0 Å². The van der Waals surface area contributed by atoms with Crippen molar-refractivity contribution in [2.75, 3.05) is 6.54 Å². The fourth-order valence-corrected chi connectivity index (χ4v) is 1.89. The predicted octanol–water partition coefficient (Wildman–Crippen LogP) is 3.30. The molecule has 0 aliphatic heterocycles. The summed E-state index contributed by atoms with van der Waals surface area (Å²) in [6, 6.07) is 4.10. The smallest absolute Gasteiger partial charge is 0.153 e. The molecule has 1 aromatic carbocycles. The second-order valence-corrected chi connectivity index (χ2v) is 5.21. The van der Waals surface area contributed by atoms with Crippen LogP contribution in [0.1, 0.15) is 31.9 Å². The summed E-state index contributed by atoms with van der Waals surface area (Å²) in [5, 5.41) is 0. The highest BCUT2D eigenvalue weighted by Gasteiger charge is 2.43. The molecule has 0 bridgehead atoms. The molecule has 0 fully saturated rings. The standard InChI is InChI=1S/C13H19F2N/c1-9-7-10(14)5-6-11(9)13(15,8-16)12(2,3)4/h5-7H,8,16H2,1-4H3. The maximum atomic E-state index is 14.9. The third kappa shape index (κ3) is 2.09. The Balaban J connectivity index is 3.34. The molecular weight excluding hydrogens is 208 g/mol. The zero-order valence-corrected chi connectivity index (χ0v) is 10.3. The van der Waals surface area contributed by atoms with Crippen molar-refractivity contribution in [3.05, 3.63) is 35.1 Å². The minimum Gasteiger partial charge on any atom is -0.327 e. The summed E-state index contributed by atoms with van der Waals surface area (Å²) in [4.78, 5) is 0. The van der Waals surface area contributed by atoms with Crippen LogP contribution < -0.4 is 5.73 Å². The Hall–Kier alpha value is -0.960. The van der Waals surface area contributed by atoms with Gasteiger partial charge in [-0.25, -0.2) is 8.78 Å². The van der Waals surface area contributed by atoms with Gasteiger partial charge in [-0.1, -0.05) is 26.8 Å². The lowest BCUT2D eigenvalue weighted by molar-refractivity contribution is 0.0336. The molecule has 1 rings (SSSR count). The van der Waals surface area contributed by atoms with Gasteiger partial charge in [-0.15, -0.1) is 0 Å². The summed E-state index contributed by atoms with van der Waals surface area (Å²) in [6.07, 6.45) is 0. The fraction of sp³-hybridized carbons (Fsp3) is 0.538. The second kappa shape index (κ2) is 4.13. The van der Waals surface area contributed by atoms with Gasteiger partial charge in [-0.05, 0) is 30.2 Å². The summed E-state index contributed by atoms with van der Waals surface area (Å²) < 4.78 is 27.9. The normalized spacial score (nSPS) is 15.9. The van der Waals surface area contributed by atoms with E-state index in [0.29, 0.717) is 11.1 Å². The van der Waals surface area contributed by atoms with E-state index in [0.717, 1.165) is 0 Å². The topological polar surface area (TPSA) is 26.0 Å². The van der Waals surface area contributed by atoms with Gasteiger partial charge in [0.15, 0.2) is 5.67 Å². The number of halogens is 2. The average Bonchev–Trinajstić information content (AvgIpc) is 2.15. The van der Waals surface area contributed by atoms with E-state index in [4.69, 9.17) is 5.73 Å².